The molecule has 2 aromatic rings. The van der Waals surface area contributed by atoms with Gasteiger partial charge >= 0.3 is 11.8 Å². The van der Waals surface area contributed by atoms with E-state index in [1.807, 2.05) is 26.2 Å². The molecule has 0 saturated carbocycles. The minimum atomic E-state index is -0.687. The zero-order valence-electron chi connectivity index (χ0n) is 14.6. The number of carbonyl (C=O) groups excluding carboxylic acids is 2. The Morgan fingerprint density at radius 2 is 1.96 bits per heavy atom. The maximum absolute atomic E-state index is 12.3. The van der Waals surface area contributed by atoms with Gasteiger partial charge in [0.05, 0.1) is 38.6 Å². The smallest absolute Gasteiger partial charge is 0.314 e. The number of fused-ring (bicyclic) bond motifs is 1. The molecule has 9 heteroatoms. The molecule has 1 aliphatic heterocycles. The molecule has 1 aromatic heterocycles. The maximum Gasteiger partial charge on any atom is 0.314 e. The Balaban J connectivity index is 1.79. The van der Waals surface area contributed by atoms with E-state index < -0.39 is 11.8 Å². The number of rotatable bonds is 5. The van der Waals surface area contributed by atoms with E-state index in [-0.39, 0.29) is 0 Å². The Bertz CT molecular complexity index is 819. The molecule has 3 rings (SSSR count). The number of likely N-dealkylation sites (N-methyl/N-ethyl adjacent to an activating group) is 1. The summed E-state index contributed by atoms with van der Waals surface area (Å²) in [6.07, 6.45) is 0. The van der Waals surface area contributed by atoms with Crippen LogP contribution >= 0.6 is 23.4 Å². The quantitative estimate of drug-likeness (QED) is 0.644. The summed E-state index contributed by atoms with van der Waals surface area (Å²) in [6.45, 7) is 1.19. The Hall–Kier alpha value is -2.03. The van der Waals surface area contributed by atoms with Gasteiger partial charge in [-0.15, -0.1) is 0 Å². The number of anilines is 1. The number of aromatic nitrogens is 2. The van der Waals surface area contributed by atoms with Gasteiger partial charge in [-0.2, -0.15) is 16.9 Å². The van der Waals surface area contributed by atoms with Gasteiger partial charge in [0.25, 0.3) is 0 Å². The van der Waals surface area contributed by atoms with Crippen LogP contribution in [0.4, 0.5) is 5.82 Å². The molecular weight excluding hydrogens is 374 g/mol. The van der Waals surface area contributed by atoms with Crippen molar-refractivity contribution in [1.29, 1.82) is 0 Å². The molecule has 0 spiro atoms. The van der Waals surface area contributed by atoms with Crippen LogP contribution < -0.4 is 15.5 Å². The lowest BCUT2D eigenvalue weighted by Gasteiger charge is -2.12. The van der Waals surface area contributed by atoms with Crippen molar-refractivity contribution in [3.63, 3.8) is 0 Å². The molecule has 2 heterocycles. The molecular formula is C17H21ClN5O2S+. The van der Waals surface area contributed by atoms with Crippen LogP contribution in [0.25, 0.3) is 5.69 Å². The minimum Gasteiger partial charge on any atom is -0.342 e. The van der Waals surface area contributed by atoms with Gasteiger partial charge in [0.2, 0.25) is 0 Å². The van der Waals surface area contributed by atoms with Crippen molar-refractivity contribution in [2.24, 2.45) is 0 Å². The monoisotopic (exact) mass is 394 g/mol. The van der Waals surface area contributed by atoms with Crippen molar-refractivity contribution >= 4 is 41.0 Å². The van der Waals surface area contributed by atoms with E-state index in [1.54, 1.807) is 28.6 Å². The molecule has 0 radical (unpaired) electrons. The van der Waals surface area contributed by atoms with E-state index in [4.69, 9.17) is 11.6 Å². The van der Waals surface area contributed by atoms with Crippen molar-refractivity contribution in [3.8, 4) is 5.69 Å². The summed E-state index contributed by atoms with van der Waals surface area (Å²) in [4.78, 5) is 25.6. The summed E-state index contributed by atoms with van der Waals surface area (Å²) in [7, 11) is 3.97. The second-order valence-corrected chi connectivity index (χ2v) is 7.74. The van der Waals surface area contributed by atoms with Crippen LogP contribution in [0.15, 0.2) is 24.3 Å². The van der Waals surface area contributed by atoms with Gasteiger partial charge < -0.3 is 15.5 Å². The molecule has 0 aliphatic carbocycles. The van der Waals surface area contributed by atoms with Gasteiger partial charge in [-0.1, -0.05) is 11.6 Å². The van der Waals surface area contributed by atoms with E-state index >= 15 is 0 Å². The van der Waals surface area contributed by atoms with Gasteiger partial charge in [0.1, 0.15) is 5.82 Å². The number of quaternary nitrogens is 1. The Morgan fingerprint density at radius 1 is 1.23 bits per heavy atom. The van der Waals surface area contributed by atoms with Gasteiger partial charge in [0, 0.05) is 22.1 Å². The van der Waals surface area contributed by atoms with Crippen LogP contribution in [0.3, 0.4) is 0 Å². The van der Waals surface area contributed by atoms with E-state index in [0.29, 0.717) is 17.4 Å². The molecule has 0 fully saturated rings. The highest BCUT2D eigenvalue weighted by atomic mass is 35.5. The Labute approximate surface area is 161 Å². The average molecular weight is 395 g/mol. The van der Waals surface area contributed by atoms with Gasteiger partial charge in [-0.3, -0.25) is 9.59 Å². The molecule has 7 nitrogen and oxygen atoms in total. The molecule has 138 valence electrons. The first-order valence-electron chi connectivity index (χ1n) is 8.28. The predicted octanol–water partition coefficient (Wildman–Crippen LogP) is 0.472. The Kier molecular flexibility index (Phi) is 5.85. The van der Waals surface area contributed by atoms with E-state index in [0.717, 1.165) is 35.0 Å². The summed E-state index contributed by atoms with van der Waals surface area (Å²) < 4.78 is 1.66. The normalized spacial score (nSPS) is 12.9. The molecule has 3 N–H and O–H groups in total. The second kappa shape index (κ2) is 8.11. The number of amides is 2. The number of nitrogens with one attached hydrogen (secondary N) is 3. The fourth-order valence-corrected chi connectivity index (χ4v) is 3.74. The predicted molar refractivity (Wildman–Crippen MR) is 103 cm³/mol. The third-order valence-electron chi connectivity index (χ3n) is 3.97. The van der Waals surface area contributed by atoms with Crippen LogP contribution in [0.5, 0.6) is 0 Å². The van der Waals surface area contributed by atoms with Crippen molar-refractivity contribution in [2.75, 3.05) is 32.5 Å². The summed E-state index contributed by atoms with van der Waals surface area (Å²) in [5, 5.41) is 10.6. The minimum absolute atomic E-state index is 0.443. The van der Waals surface area contributed by atoms with Crippen molar-refractivity contribution in [2.45, 2.75) is 11.5 Å². The van der Waals surface area contributed by atoms with Crippen LogP contribution in [-0.4, -0.2) is 48.8 Å². The molecule has 26 heavy (non-hydrogen) atoms. The maximum atomic E-state index is 12.3. The number of nitrogens with zero attached hydrogens (tertiary/aromatic N) is 2. The molecule has 0 atom stereocenters. The zero-order valence-corrected chi connectivity index (χ0v) is 16.2. The fraction of sp³-hybridized carbons (Fsp3) is 0.353. The van der Waals surface area contributed by atoms with E-state index in [2.05, 4.69) is 15.7 Å². The fourth-order valence-electron chi connectivity index (χ4n) is 2.58. The summed E-state index contributed by atoms with van der Waals surface area (Å²) in [5.41, 5.74) is 2.67. The van der Waals surface area contributed by atoms with Gasteiger partial charge in [-0.05, 0) is 24.3 Å². The first-order chi connectivity index (χ1) is 12.5. The third-order valence-corrected chi connectivity index (χ3v) is 5.19. The highest BCUT2D eigenvalue weighted by Crippen LogP contribution is 2.36. The number of hydrogen-bond acceptors (Lipinski definition) is 4. The third kappa shape index (κ3) is 4.20. The molecule has 2 amide bonds. The molecule has 1 aromatic carbocycles. The van der Waals surface area contributed by atoms with Gasteiger partial charge in [0.15, 0.2) is 0 Å². The van der Waals surface area contributed by atoms with E-state index in [1.165, 1.54) is 4.90 Å². The molecule has 1 aliphatic rings. The van der Waals surface area contributed by atoms with Crippen molar-refractivity contribution in [3.05, 3.63) is 40.5 Å². The van der Waals surface area contributed by atoms with Crippen LogP contribution in [0.1, 0.15) is 11.3 Å². The largest absolute Gasteiger partial charge is 0.342 e. The van der Waals surface area contributed by atoms with Crippen LogP contribution in [0, 0.1) is 0 Å². The summed E-state index contributed by atoms with van der Waals surface area (Å²) in [5.74, 6) is 0.759. The number of hydrogen-bond donors (Lipinski definition) is 3. The molecule has 0 bridgehead atoms. The zero-order chi connectivity index (χ0) is 18.7. The van der Waals surface area contributed by atoms with Crippen molar-refractivity contribution in [1.82, 2.24) is 15.1 Å². The lowest BCUT2D eigenvalue weighted by molar-refractivity contribution is -0.856. The lowest BCUT2D eigenvalue weighted by Crippen LogP contribution is -3.06. The topological polar surface area (TPSA) is 80.5 Å². The highest BCUT2D eigenvalue weighted by Gasteiger charge is 2.26. The summed E-state index contributed by atoms with van der Waals surface area (Å²) in [6, 6.07) is 7.18. The Morgan fingerprint density at radius 3 is 2.65 bits per heavy atom. The first kappa shape index (κ1) is 18.8. The summed E-state index contributed by atoms with van der Waals surface area (Å²) >= 11 is 7.68. The van der Waals surface area contributed by atoms with Crippen molar-refractivity contribution < 1.29 is 14.5 Å². The number of carbonyl (C=O) groups is 2. The van der Waals surface area contributed by atoms with Crippen LogP contribution in [0.2, 0.25) is 5.02 Å². The number of thioether (sulfide) groups is 1. The molecule has 0 saturated heterocycles. The second-order valence-electron chi connectivity index (χ2n) is 6.32. The average Bonchev–Trinajstić information content (AvgIpc) is 3.18. The number of benzene rings is 1. The SMILES string of the molecule is C[NH+](C)CCNC(=O)C(=O)Nc1c2c(nn1-c1ccc(Cl)cc1)CSC2. The standard InChI is InChI=1S/C17H20ClN5O2S/c1-22(2)8-7-19-16(24)17(25)20-15-13-9-26-10-14(13)21-23(15)12-5-3-11(18)4-6-12/h3-6H,7-10H2,1-2H3,(H,19,24)(H,20,25)/p+1. The van der Waals surface area contributed by atoms with Crippen LogP contribution in [-0.2, 0) is 21.1 Å². The van der Waals surface area contributed by atoms with Gasteiger partial charge in [-0.25, -0.2) is 4.68 Å². The highest BCUT2D eigenvalue weighted by molar-refractivity contribution is 7.98. The lowest BCUT2D eigenvalue weighted by atomic mass is 10.2. The first-order valence-corrected chi connectivity index (χ1v) is 9.81. The van der Waals surface area contributed by atoms with E-state index in [9.17, 15) is 9.59 Å². The number of halogens is 1. The molecule has 0 unspecified atom stereocenters.